The predicted molar refractivity (Wildman–Crippen MR) is 98.1 cm³/mol. The van der Waals surface area contributed by atoms with E-state index in [-0.39, 0.29) is 5.69 Å². The van der Waals surface area contributed by atoms with Gasteiger partial charge in [0.05, 0.1) is 25.9 Å². The standard InChI is InChI=1S/C20H21F3N2O3/c1-11(20(26)24-15-5-4-14(21)18(22)19(15)23)25-7-6-12-8-16(27-2)17(28-3)9-13(12)10-25/h4-5,8-9,11H,6-7,10H2,1-3H3,(H,24,26)/t11-/m0/s1. The minimum Gasteiger partial charge on any atom is -0.493 e. The molecule has 0 bridgehead atoms. The quantitative estimate of drug-likeness (QED) is 0.789. The van der Waals surface area contributed by atoms with E-state index in [1.54, 1.807) is 21.1 Å². The molecule has 0 aromatic heterocycles. The number of methoxy groups -OCH3 is 2. The molecule has 0 saturated carbocycles. The van der Waals surface area contributed by atoms with Crippen molar-refractivity contribution < 1.29 is 27.4 Å². The number of fused-ring (bicyclic) bond motifs is 1. The molecular formula is C20H21F3N2O3. The van der Waals surface area contributed by atoms with Gasteiger partial charge < -0.3 is 14.8 Å². The van der Waals surface area contributed by atoms with Crippen LogP contribution in [0.5, 0.6) is 11.5 Å². The highest BCUT2D eigenvalue weighted by molar-refractivity contribution is 5.94. The van der Waals surface area contributed by atoms with Crippen LogP contribution in [-0.2, 0) is 17.8 Å². The van der Waals surface area contributed by atoms with Gasteiger partial charge in [-0.15, -0.1) is 0 Å². The molecule has 150 valence electrons. The lowest BCUT2D eigenvalue weighted by atomic mass is 9.97. The second-order valence-electron chi connectivity index (χ2n) is 6.58. The van der Waals surface area contributed by atoms with Gasteiger partial charge in [-0.3, -0.25) is 9.69 Å². The van der Waals surface area contributed by atoms with Crippen LogP contribution in [0.1, 0.15) is 18.1 Å². The molecular weight excluding hydrogens is 373 g/mol. The maximum absolute atomic E-state index is 13.8. The average molecular weight is 394 g/mol. The van der Waals surface area contributed by atoms with Gasteiger partial charge in [-0.1, -0.05) is 0 Å². The number of hydrogen-bond donors (Lipinski definition) is 1. The monoisotopic (exact) mass is 394 g/mol. The number of benzene rings is 2. The lowest BCUT2D eigenvalue weighted by Gasteiger charge is -2.33. The largest absolute Gasteiger partial charge is 0.493 e. The van der Waals surface area contributed by atoms with Crippen LogP contribution in [0, 0.1) is 17.5 Å². The molecule has 1 aliphatic heterocycles. The van der Waals surface area contributed by atoms with E-state index in [1.165, 1.54) is 0 Å². The van der Waals surface area contributed by atoms with Crippen LogP contribution in [0.15, 0.2) is 24.3 Å². The highest BCUT2D eigenvalue weighted by Crippen LogP contribution is 2.33. The molecule has 0 unspecified atom stereocenters. The zero-order valence-corrected chi connectivity index (χ0v) is 15.8. The fourth-order valence-corrected chi connectivity index (χ4v) is 3.26. The van der Waals surface area contributed by atoms with Crippen molar-refractivity contribution in [3.63, 3.8) is 0 Å². The molecule has 28 heavy (non-hydrogen) atoms. The Morgan fingerprint density at radius 3 is 2.36 bits per heavy atom. The van der Waals surface area contributed by atoms with Crippen LogP contribution in [0.3, 0.4) is 0 Å². The summed E-state index contributed by atoms with van der Waals surface area (Å²) >= 11 is 0. The van der Waals surface area contributed by atoms with Crippen LogP contribution in [-0.4, -0.2) is 37.6 Å². The maximum atomic E-state index is 13.8. The molecule has 0 fully saturated rings. The summed E-state index contributed by atoms with van der Waals surface area (Å²) in [6.07, 6.45) is 0.701. The summed E-state index contributed by atoms with van der Waals surface area (Å²) in [5.41, 5.74) is 1.72. The van der Waals surface area contributed by atoms with Crippen molar-refractivity contribution >= 4 is 11.6 Å². The summed E-state index contributed by atoms with van der Waals surface area (Å²) in [5, 5.41) is 2.33. The number of nitrogens with one attached hydrogen (secondary N) is 1. The van der Waals surface area contributed by atoms with Crippen molar-refractivity contribution in [3.05, 3.63) is 52.8 Å². The molecule has 0 spiro atoms. The molecule has 1 atom stereocenters. The van der Waals surface area contributed by atoms with Gasteiger partial charge in [0, 0.05) is 13.1 Å². The highest BCUT2D eigenvalue weighted by atomic mass is 19.2. The Balaban J connectivity index is 1.74. The molecule has 1 heterocycles. The summed E-state index contributed by atoms with van der Waals surface area (Å²) in [5.74, 6) is -3.59. The minimum absolute atomic E-state index is 0.389. The van der Waals surface area contributed by atoms with E-state index in [4.69, 9.17) is 9.47 Å². The van der Waals surface area contributed by atoms with Gasteiger partial charge >= 0.3 is 0 Å². The van der Waals surface area contributed by atoms with Crippen molar-refractivity contribution in [2.24, 2.45) is 0 Å². The third-order valence-corrected chi connectivity index (χ3v) is 4.97. The third kappa shape index (κ3) is 3.77. The Hall–Kier alpha value is -2.74. The fraction of sp³-hybridized carbons (Fsp3) is 0.350. The van der Waals surface area contributed by atoms with E-state index < -0.39 is 29.4 Å². The first-order valence-corrected chi connectivity index (χ1v) is 8.77. The summed E-state index contributed by atoms with van der Waals surface area (Å²) in [6, 6.07) is 4.97. The minimum atomic E-state index is -1.61. The maximum Gasteiger partial charge on any atom is 0.241 e. The van der Waals surface area contributed by atoms with Gasteiger partial charge in [0.1, 0.15) is 0 Å². The molecule has 1 N–H and O–H groups in total. The molecule has 2 aromatic carbocycles. The van der Waals surface area contributed by atoms with Crippen LogP contribution in [0.2, 0.25) is 0 Å². The highest BCUT2D eigenvalue weighted by Gasteiger charge is 2.27. The molecule has 1 amide bonds. The Kier molecular flexibility index (Phi) is 5.79. The number of carbonyl (C=O) groups excluding carboxylic acids is 1. The Labute approximate surface area is 161 Å². The van der Waals surface area contributed by atoms with Crippen molar-refractivity contribution in [1.29, 1.82) is 0 Å². The van der Waals surface area contributed by atoms with Crippen molar-refractivity contribution in [2.45, 2.75) is 25.9 Å². The summed E-state index contributed by atoms with van der Waals surface area (Å²) in [6.45, 7) is 2.78. The molecule has 5 nitrogen and oxygen atoms in total. The average Bonchev–Trinajstić information content (AvgIpc) is 2.71. The van der Waals surface area contributed by atoms with Crippen molar-refractivity contribution in [3.8, 4) is 11.5 Å². The number of rotatable bonds is 5. The van der Waals surface area contributed by atoms with Crippen LogP contribution in [0.4, 0.5) is 18.9 Å². The summed E-state index contributed by atoms with van der Waals surface area (Å²) < 4.78 is 50.9. The SMILES string of the molecule is COc1cc2c(cc1OC)CN([C@@H](C)C(=O)Nc1ccc(F)c(F)c1F)CC2. The van der Waals surface area contributed by atoms with Gasteiger partial charge in [-0.05, 0) is 48.7 Å². The molecule has 2 aromatic rings. The number of anilines is 1. The zero-order valence-electron chi connectivity index (χ0n) is 15.8. The van der Waals surface area contributed by atoms with Crippen molar-refractivity contribution in [1.82, 2.24) is 4.90 Å². The van der Waals surface area contributed by atoms with Gasteiger partial charge in [-0.2, -0.15) is 0 Å². The molecule has 8 heteroatoms. The fourth-order valence-electron chi connectivity index (χ4n) is 3.26. The predicted octanol–water partition coefficient (Wildman–Crippen LogP) is 3.51. The smallest absolute Gasteiger partial charge is 0.241 e. The van der Waals surface area contributed by atoms with E-state index in [9.17, 15) is 18.0 Å². The number of halogens is 3. The second-order valence-corrected chi connectivity index (χ2v) is 6.58. The molecule has 3 rings (SSSR count). The molecule has 0 saturated heterocycles. The second kappa shape index (κ2) is 8.10. The first-order chi connectivity index (χ1) is 13.3. The molecule has 1 aliphatic rings. The van der Waals surface area contributed by atoms with Crippen LogP contribution < -0.4 is 14.8 Å². The summed E-state index contributed by atoms with van der Waals surface area (Å²) in [4.78, 5) is 14.4. The Morgan fingerprint density at radius 2 is 1.71 bits per heavy atom. The number of carbonyl (C=O) groups is 1. The normalized spacial score (nSPS) is 14.9. The summed E-state index contributed by atoms with van der Waals surface area (Å²) in [7, 11) is 3.13. The van der Waals surface area contributed by atoms with E-state index in [1.807, 2.05) is 17.0 Å². The van der Waals surface area contributed by atoms with Gasteiger partial charge in [0.25, 0.3) is 0 Å². The topological polar surface area (TPSA) is 50.8 Å². The van der Waals surface area contributed by atoms with Gasteiger partial charge in [0.2, 0.25) is 5.91 Å². The Bertz CT molecular complexity index is 905. The first kappa shape index (κ1) is 20.0. The van der Waals surface area contributed by atoms with Crippen LogP contribution in [0.25, 0.3) is 0 Å². The van der Waals surface area contributed by atoms with E-state index in [0.29, 0.717) is 31.0 Å². The van der Waals surface area contributed by atoms with Gasteiger partial charge in [0.15, 0.2) is 29.0 Å². The zero-order chi connectivity index (χ0) is 20.4. The van der Waals surface area contributed by atoms with E-state index >= 15 is 0 Å². The van der Waals surface area contributed by atoms with Gasteiger partial charge in [-0.25, -0.2) is 13.2 Å². The lowest BCUT2D eigenvalue weighted by Crippen LogP contribution is -2.44. The molecule has 0 aliphatic carbocycles. The molecule has 0 radical (unpaired) electrons. The number of nitrogens with zero attached hydrogens (tertiary/aromatic N) is 1. The number of ether oxygens (including phenoxy) is 2. The third-order valence-electron chi connectivity index (χ3n) is 4.97. The lowest BCUT2D eigenvalue weighted by molar-refractivity contribution is -0.121. The Morgan fingerprint density at radius 1 is 1.07 bits per heavy atom. The first-order valence-electron chi connectivity index (χ1n) is 8.77. The number of amides is 1. The van der Waals surface area contributed by atoms with E-state index in [2.05, 4.69) is 5.32 Å². The van der Waals surface area contributed by atoms with Crippen LogP contribution >= 0.6 is 0 Å². The number of hydrogen-bond acceptors (Lipinski definition) is 4. The van der Waals surface area contributed by atoms with E-state index in [0.717, 1.165) is 23.3 Å². The van der Waals surface area contributed by atoms with Crippen molar-refractivity contribution in [2.75, 3.05) is 26.1 Å².